The second-order valence-corrected chi connectivity index (χ2v) is 4.53. The highest BCUT2D eigenvalue weighted by Crippen LogP contribution is 2.23. The molecule has 4 N–H and O–H groups in total. The van der Waals surface area contributed by atoms with Crippen molar-refractivity contribution in [1.29, 1.82) is 0 Å². The van der Waals surface area contributed by atoms with Crippen LogP contribution < -0.4 is 0 Å². The number of aliphatic hydroxyl groups is 3. The molecule has 1 aliphatic heterocycles. The van der Waals surface area contributed by atoms with E-state index in [0.717, 1.165) is 5.56 Å². The summed E-state index contributed by atoms with van der Waals surface area (Å²) in [5, 5.41) is 37.9. The zero-order chi connectivity index (χ0) is 14.7. The number of rotatable bonds is 4. The zero-order valence-corrected chi connectivity index (χ0v) is 10.5. The van der Waals surface area contributed by atoms with E-state index in [1.807, 2.05) is 6.07 Å². The van der Waals surface area contributed by atoms with Crippen molar-refractivity contribution in [3.63, 3.8) is 0 Å². The number of benzene rings is 1. The molecule has 5 atom stereocenters. The van der Waals surface area contributed by atoms with Crippen LogP contribution in [-0.4, -0.2) is 57.1 Å². The number of carboxylic acid groups (broad SMARTS) is 1. The van der Waals surface area contributed by atoms with Crippen molar-refractivity contribution < 1.29 is 34.7 Å². The van der Waals surface area contributed by atoms with Gasteiger partial charge in [0, 0.05) is 0 Å². The average Bonchev–Trinajstić information content (AvgIpc) is 2.43. The van der Waals surface area contributed by atoms with Crippen molar-refractivity contribution in [2.24, 2.45) is 0 Å². The highest BCUT2D eigenvalue weighted by molar-refractivity contribution is 5.73. The monoisotopic (exact) mass is 284 g/mol. The van der Waals surface area contributed by atoms with E-state index in [4.69, 9.17) is 9.84 Å². The molecule has 1 saturated heterocycles. The normalized spacial score (nSPS) is 33.9. The van der Waals surface area contributed by atoms with Gasteiger partial charge < -0.3 is 29.9 Å². The Labute approximate surface area is 115 Å². The smallest absolute Gasteiger partial charge is 0.335 e. The van der Waals surface area contributed by atoms with Crippen LogP contribution in [-0.2, 0) is 20.9 Å². The lowest BCUT2D eigenvalue weighted by molar-refractivity contribution is -0.289. The summed E-state index contributed by atoms with van der Waals surface area (Å²) in [6, 6.07) is 8.98. The first-order chi connectivity index (χ1) is 9.50. The molecule has 1 aromatic carbocycles. The number of ether oxygens (including phenoxy) is 2. The van der Waals surface area contributed by atoms with Crippen molar-refractivity contribution in [1.82, 2.24) is 0 Å². The maximum atomic E-state index is 10.9. The lowest BCUT2D eigenvalue weighted by Gasteiger charge is -2.38. The standard InChI is InChI=1S/C13H16O7/c14-8-10(19-6-7-4-2-1-3-5-7)9(15)13(18)20-11(8)12(16)17/h1-5,8-11,13-15,18H,6H2,(H,16,17)/t8-,9+,10-,11-,13?/m0/s1. The molecule has 0 amide bonds. The van der Waals surface area contributed by atoms with Crippen molar-refractivity contribution in [2.45, 2.75) is 37.3 Å². The Bertz CT molecular complexity index is 449. The summed E-state index contributed by atoms with van der Waals surface area (Å²) in [6.07, 6.45) is -7.71. The molecule has 1 heterocycles. The Hall–Kier alpha value is -1.51. The Kier molecular flexibility index (Phi) is 4.69. The van der Waals surface area contributed by atoms with E-state index >= 15 is 0 Å². The fraction of sp³-hybridized carbons (Fsp3) is 0.462. The number of hydrogen-bond donors (Lipinski definition) is 4. The van der Waals surface area contributed by atoms with Gasteiger partial charge in [-0.1, -0.05) is 30.3 Å². The third kappa shape index (κ3) is 3.14. The summed E-state index contributed by atoms with van der Waals surface area (Å²) in [7, 11) is 0. The highest BCUT2D eigenvalue weighted by Gasteiger charge is 2.47. The second-order valence-electron chi connectivity index (χ2n) is 4.53. The van der Waals surface area contributed by atoms with E-state index in [-0.39, 0.29) is 6.61 Å². The first-order valence-corrected chi connectivity index (χ1v) is 6.08. The van der Waals surface area contributed by atoms with E-state index in [0.29, 0.717) is 0 Å². The lowest BCUT2D eigenvalue weighted by atomic mass is 9.98. The van der Waals surface area contributed by atoms with Crippen LogP contribution in [0.1, 0.15) is 5.56 Å². The van der Waals surface area contributed by atoms with Crippen molar-refractivity contribution in [3.8, 4) is 0 Å². The van der Waals surface area contributed by atoms with Crippen molar-refractivity contribution >= 4 is 5.97 Å². The summed E-state index contributed by atoms with van der Waals surface area (Å²) in [6.45, 7) is 0.0681. The molecule has 1 fully saturated rings. The van der Waals surface area contributed by atoms with E-state index in [9.17, 15) is 20.1 Å². The van der Waals surface area contributed by atoms with Gasteiger partial charge >= 0.3 is 5.97 Å². The van der Waals surface area contributed by atoms with Crippen LogP contribution >= 0.6 is 0 Å². The number of aliphatic carboxylic acids is 1. The van der Waals surface area contributed by atoms with Crippen LogP contribution in [0.4, 0.5) is 0 Å². The van der Waals surface area contributed by atoms with E-state index in [2.05, 4.69) is 4.74 Å². The van der Waals surface area contributed by atoms with Gasteiger partial charge in [-0.3, -0.25) is 0 Å². The number of carbonyl (C=O) groups is 1. The van der Waals surface area contributed by atoms with Crippen LogP contribution in [0.2, 0.25) is 0 Å². The molecule has 1 aliphatic rings. The average molecular weight is 284 g/mol. The minimum Gasteiger partial charge on any atom is -0.479 e. The third-order valence-corrected chi connectivity index (χ3v) is 3.09. The minimum atomic E-state index is -1.72. The predicted octanol–water partition coefficient (Wildman–Crippen LogP) is -0.905. The van der Waals surface area contributed by atoms with Gasteiger partial charge in [0.15, 0.2) is 12.4 Å². The summed E-state index contributed by atoms with van der Waals surface area (Å²) in [5.41, 5.74) is 0.791. The maximum Gasteiger partial charge on any atom is 0.335 e. The molecule has 0 aliphatic carbocycles. The Morgan fingerprint density at radius 3 is 2.40 bits per heavy atom. The summed E-state index contributed by atoms with van der Waals surface area (Å²) in [5.74, 6) is -1.43. The Morgan fingerprint density at radius 1 is 1.15 bits per heavy atom. The molecular formula is C13H16O7. The predicted molar refractivity (Wildman–Crippen MR) is 65.5 cm³/mol. The maximum absolute atomic E-state index is 10.9. The molecule has 2 rings (SSSR count). The van der Waals surface area contributed by atoms with E-state index in [1.54, 1.807) is 24.3 Å². The van der Waals surface area contributed by atoms with Gasteiger partial charge in [0.25, 0.3) is 0 Å². The molecule has 0 saturated carbocycles. The molecule has 0 spiro atoms. The van der Waals surface area contributed by atoms with Crippen molar-refractivity contribution in [3.05, 3.63) is 35.9 Å². The van der Waals surface area contributed by atoms with Gasteiger partial charge in [0.1, 0.15) is 18.3 Å². The SMILES string of the molecule is O=C(O)[C@H]1OC(O)[C@H](O)[C@@H](OCc2ccccc2)[C@@H]1O. The largest absolute Gasteiger partial charge is 0.479 e. The number of carboxylic acids is 1. The summed E-state index contributed by atoms with van der Waals surface area (Å²) < 4.78 is 9.97. The van der Waals surface area contributed by atoms with E-state index < -0.39 is 36.7 Å². The zero-order valence-electron chi connectivity index (χ0n) is 10.5. The van der Waals surface area contributed by atoms with Crippen molar-refractivity contribution in [2.75, 3.05) is 0 Å². The molecule has 0 radical (unpaired) electrons. The number of aliphatic hydroxyl groups excluding tert-OH is 3. The van der Waals surface area contributed by atoms with Crippen LogP contribution in [0.3, 0.4) is 0 Å². The van der Waals surface area contributed by atoms with Gasteiger partial charge in [-0.15, -0.1) is 0 Å². The van der Waals surface area contributed by atoms with E-state index in [1.165, 1.54) is 0 Å². The molecule has 7 heteroatoms. The molecule has 1 aromatic rings. The topological polar surface area (TPSA) is 116 Å². The molecule has 7 nitrogen and oxygen atoms in total. The molecule has 1 unspecified atom stereocenters. The van der Waals surface area contributed by atoms with Gasteiger partial charge in [0.2, 0.25) is 0 Å². The second kappa shape index (κ2) is 6.29. The number of hydrogen-bond acceptors (Lipinski definition) is 6. The van der Waals surface area contributed by atoms with Crippen LogP contribution in [0, 0.1) is 0 Å². The lowest BCUT2D eigenvalue weighted by Crippen LogP contribution is -2.60. The molecule has 0 aromatic heterocycles. The highest BCUT2D eigenvalue weighted by atomic mass is 16.7. The van der Waals surface area contributed by atoms with Gasteiger partial charge in [0.05, 0.1) is 6.61 Å². The quantitative estimate of drug-likeness (QED) is 0.566. The van der Waals surface area contributed by atoms with Crippen LogP contribution in [0.25, 0.3) is 0 Å². The summed E-state index contributed by atoms with van der Waals surface area (Å²) >= 11 is 0. The fourth-order valence-electron chi connectivity index (χ4n) is 2.02. The van der Waals surface area contributed by atoms with Gasteiger partial charge in [-0.25, -0.2) is 4.79 Å². The van der Waals surface area contributed by atoms with Crippen LogP contribution in [0.15, 0.2) is 30.3 Å². The first-order valence-electron chi connectivity index (χ1n) is 6.08. The fourth-order valence-corrected chi connectivity index (χ4v) is 2.02. The van der Waals surface area contributed by atoms with Gasteiger partial charge in [-0.2, -0.15) is 0 Å². The minimum absolute atomic E-state index is 0.0681. The molecule has 20 heavy (non-hydrogen) atoms. The first kappa shape index (κ1) is 14.9. The Balaban J connectivity index is 2.05. The molecular weight excluding hydrogens is 268 g/mol. The van der Waals surface area contributed by atoms with Gasteiger partial charge in [-0.05, 0) is 5.56 Å². The van der Waals surface area contributed by atoms with Crippen LogP contribution in [0.5, 0.6) is 0 Å². The third-order valence-electron chi connectivity index (χ3n) is 3.09. The molecule has 110 valence electrons. The Morgan fingerprint density at radius 2 is 1.80 bits per heavy atom. The summed E-state index contributed by atoms with van der Waals surface area (Å²) in [4.78, 5) is 10.9. The molecule has 0 bridgehead atoms.